The Morgan fingerprint density at radius 3 is 2.71 bits per heavy atom. The summed E-state index contributed by atoms with van der Waals surface area (Å²) < 4.78 is 0. The van der Waals surface area contributed by atoms with Gasteiger partial charge >= 0.3 is 0 Å². The van der Waals surface area contributed by atoms with Gasteiger partial charge in [0.1, 0.15) is 0 Å². The molecule has 0 aliphatic heterocycles. The van der Waals surface area contributed by atoms with Gasteiger partial charge in [-0.2, -0.15) is 12.6 Å². The van der Waals surface area contributed by atoms with Crippen LogP contribution in [0.3, 0.4) is 0 Å². The summed E-state index contributed by atoms with van der Waals surface area (Å²) in [6, 6.07) is 0.580. The molecule has 0 aromatic carbocycles. The van der Waals surface area contributed by atoms with E-state index < -0.39 is 0 Å². The number of hydrogen-bond donors (Lipinski definition) is 2. The number of nitrogens with one attached hydrogen (secondary N) is 1. The first-order valence-electron chi connectivity index (χ1n) is 5.19. The van der Waals surface area contributed by atoms with Gasteiger partial charge in [0.25, 0.3) is 0 Å². The highest BCUT2D eigenvalue weighted by molar-refractivity contribution is 7.80. The maximum Gasteiger partial charge on any atom is 0.220 e. The normalized spacial score (nSPS) is 12.9. The molecule has 1 N–H and O–H groups in total. The molecule has 0 aliphatic rings. The fourth-order valence-electron chi connectivity index (χ4n) is 1.09. The monoisotopic (exact) mass is 218 g/mol. The minimum Gasteiger partial charge on any atom is -0.355 e. The molecular formula is C10H22N2OS. The van der Waals surface area contributed by atoms with Crippen molar-refractivity contribution >= 4 is 18.5 Å². The average molecular weight is 218 g/mol. The van der Waals surface area contributed by atoms with E-state index in [1.165, 1.54) is 0 Å². The summed E-state index contributed by atoms with van der Waals surface area (Å²) in [6.07, 6.45) is 1.65. The summed E-state index contributed by atoms with van der Waals surface area (Å²) >= 11 is 4.00. The number of hydrogen-bond acceptors (Lipinski definition) is 3. The molecule has 0 bridgehead atoms. The number of carbonyl (C=O) groups is 1. The Kier molecular flexibility index (Phi) is 7.99. The van der Waals surface area contributed by atoms with Crippen molar-refractivity contribution in [2.24, 2.45) is 0 Å². The number of carbonyl (C=O) groups excluding carboxylic acids is 1. The molecule has 0 saturated carbocycles. The molecule has 84 valence electrons. The molecule has 0 fully saturated rings. The fourth-order valence-corrected chi connectivity index (χ4v) is 1.30. The standard InChI is InChI=1S/C10H22N2OS/c1-4-9(2)12(3)7-6-11-10(13)5-8-14/h9,14H,4-8H2,1-3H3,(H,11,13). The van der Waals surface area contributed by atoms with Crippen molar-refractivity contribution in [2.45, 2.75) is 32.7 Å². The van der Waals surface area contributed by atoms with E-state index >= 15 is 0 Å². The van der Waals surface area contributed by atoms with Crippen LogP contribution in [0.25, 0.3) is 0 Å². The zero-order chi connectivity index (χ0) is 11.0. The Balaban J connectivity index is 3.48. The Bertz CT molecular complexity index is 164. The van der Waals surface area contributed by atoms with Crippen molar-refractivity contribution in [3.05, 3.63) is 0 Å². The van der Waals surface area contributed by atoms with Crippen molar-refractivity contribution in [3.8, 4) is 0 Å². The molecule has 1 amide bonds. The molecule has 4 heteroatoms. The topological polar surface area (TPSA) is 32.3 Å². The average Bonchev–Trinajstić information content (AvgIpc) is 2.16. The molecule has 14 heavy (non-hydrogen) atoms. The van der Waals surface area contributed by atoms with Crippen LogP contribution in [0.1, 0.15) is 26.7 Å². The van der Waals surface area contributed by atoms with Gasteiger partial charge in [-0.3, -0.25) is 4.79 Å². The highest BCUT2D eigenvalue weighted by Gasteiger charge is 2.06. The molecule has 0 aliphatic carbocycles. The minimum atomic E-state index is 0.0950. The van der Waals surface area contributed by atoms with Gasteiger partial charge in [0, 0.05) is 25.6 Å². The second-order valence-corrected chi connectivity index (χ2v) is 4.01. The minimum absolute atomic E-state index is 0.0950. The third-order valence-corrected chi connectivity index (χ3v) is 2.69. The van der Waals surface area contributed by atoms with Crippen molar-refractivity contribution < 1.29 is 4.79 Å². The first-order chi connectivity index (χ1) is 6.61. The second-order valence-electron chi connectivity index (χ2n) is 3.56. The first kappa shape index (κ1) is 13.8. The lowest BCUT2D eigenvalue weighted by molar-refractivity contribution is -0.120. The zero-order valence-corrected chi connectivity index (χ0v) is 10.3. The van der Waals surface area contributed by atoms with Gasteiger partial charge in [-0.25, -0.2) is 0 Å². The molecule has 0 aromatic rings. The molecule has 0 radical (unpaired) electrons. The van der Waals surface area contributed by atoms with E-state index in [1.807, 2.05) is 0 Å². The molecule has 0 heterocycles. The zero-order valence-electron chi connectivity index (χ0n) is 9.42. The van der Waals surface area contributed by atoms with Gasteiger partial charge < -0.3 is 10.2 Å². The summed E-state index contributed by atoms with van der Waals surface area (Å²) in [5, 5.41) is 2.86. The number of rotatable bonds is 7. The van der Waals surface area contributed by atoms with E-state index in [4.69, 9.17) is 0 Å². The number of thiol groups is 1. The van der Waals surface area contributed by atoms with Gasteiger partial charge in [0.2, 0.25) is 5.91 Å². The first-order valence-corrected chi connectivity index (χ1v) is 5.82. The van der Waals surface area contributed by atoms with Crippen molar-refractivity contribution in [2.75, 3.05) is 25.9 Å². The van der Waals surface area contributed by atoms with E-state index in [-0.39, 0.29) is 5.91 Å². The van der Waals surface area contributed by atoms with Gasteiger partial charge in [0.05, 0.1) is 0 Å². The maximum absolute atomic E-state index is 11.1. The van der Waals surface area contributed by atoms with E-state index in [2.05, 4.69) is 43.7 Å². The third-order valence-electron chi connectivity index (χ3n) is 2.47. The van der Waals surface area contributed by atoms with Crippen molar-refractivity contribution in [3.63, 3.8) is 0 Å². The molecule has 3 nitrogen and oxygen atoms in total. The van der Waals surface area contributed by atoms with Gasteiger partial charge in [0.15, 0.2) is 0 Å². The van der Waals surface area contributed by atoms with Crippen LogP contribution in [0.2, 0.25) is 0 Å². The maximum atomic E-state index is 11.1. The van der Waals surface area contributed by atoms with Crippen LogP contribution in [-0.4, -0.2) is 42.7 Å². The van der Waals surface area contributed by atoms with Gasteiger partial charge in [-0.15, -0.1) is 0 Å². The number of likely N-dealkylation sites (N-methyl/N-ethyl adjacent to an activating group) is 1. The Morgan fingerprint density at radius 2 is 2.21 bits per heavy atom. The molecule has 1 atom stereocenters. The Labute approximate surface area is 92.7 Å². The third kappa shape index (κ3) is 6.27. The van der Waals surface area contributed by atoms with Crippen LogP contribution in [0.5, 0.6) is 0 Å². The summed E-state index contributed by atoms with van der Waals surface area (Å²) in [7, 11) is 2.08. The lowest BCUT2D eigenvalue weighted by Crippen LogP contribution is -2.37. The largest absolute Gasteiger partial charge is 0.355 e. The number of amides is 1. The van der Waals surface area contributed by atoms with E-state index in [0.29, 0.717) is 18.2 Å². The van der Waals surface area contributed by atoms with Gasteiger partial charge in [-0.1, -0.05) is 6.92 Å². The van der Waals surface area contributed by atoms with Crippen LogP contribution in [0, 0.1) is 0 Å². The van der Waals surface area contributed by atoms with E-state index in [0.717, 1.165) is 19.5 Å². The van der Waals surface area contributed by atoms with Gasteiger partial charge in [-0.05, 0) is 26.1 Å². The lowest BCUT2D eigenvalue weighted by Gasteiger charge is -2.23. The summed E-state index contributed by atoms with van der Waals surface area (Å²) in [6.45, 7) is 6.00. The fraction of sp³-hybridized carbons (Fsp3) is 0.900. The second kappa shape index (κ2) is 8.12. The molecule has 0 saturated heterocycles. The SMILES string of the molecule is CCC(C)N(C)CCNC(=O)CCS. The van der Waals surface area contributed by atoms with Crippen LogP contribution >= 0.6 is 12.6 Å². The highest BCUT2D eigenvalue weighted by atomic mass is 32.1. The molecule has 1 unspecified atom stereocenters. The quantitative estimate of drug-likeness (QED) is 0.628. The predicted octanol–water partition coefficient (Wildman–Crippen LogP) is 1.15. The van der Waals surface area contributed by atoms with Crippen molar-refractivity contribution in [1.82, 2.24) is 10.2 Å². The van der Waals surface area contributed by atoms with Crippen LogP contribution in [-0.2, 0) is 4.79 Å². The highest BCUT2D eigenvalue weighted by Crippen LogP contribution is 1.98. The number of nitrogens with zero attached hydrogens (tertiary/aromatic N) is 1. The Morgan fingerprint density at radius 1 is 1.57 bits per heavy atom. The Hall–Kier alpha value is -0.220. The van der Waals surface area contributed by atoms with Crippen molar-refractivity contribution in [1.29, 1.82) is 0 Å². The summed E-state index contributed by atoms with van der Waals surface area (Å²) in [5.41, 5.74) is 0. The molecule has 0 spiro atoms. The smallest absolute Gasteiger partial charge is 0.220 e. The lowest BCUT2D eigenvalue weighted by atomic mass is 10.2. The molecular weight excluding hydrogens is 196 g/mol. The van der Waals surface area contributed by atoms with Crippen LogP contribution in [0.4, 0.5) is 0 Å². The molecule has 0 rings (SSSR count). The summed E-state index contributed by atoms with van der Waals surface area (Å²) in [4.78, 5) is 13.3. The summed E-state index contributed by atoms with van der Waals surface area (Å²) in [5.74, 6) is 0.713. The van der Waals surface area contributed by atoms with E-state index in [1.54, 1.807) is 0 Å². The van der Waals surface area contributed by atoms with Crippen LogP contribution < -0.4 is 5.32 Å². The molecule has 0 aromatic heterocycles. The van der Waals surface area contributed by atoms with E-state index in [9.17, 15) is 4.79 Å². The van der Waals surface area contributed by atoms with Crippen LogP contribution in [0.15, 0.2) is 0 Å². The predicted molar refractivity (Wildman–Crippen MR) is 63.9 cm³/mol.